The maximum atomic E-state index is 10.9. The monoisotopic (exact) mass is 464 g/mol. The summed E-state index contributed by atoms with van der Waals surface area (Å²) in [6.45, 7) is 12.2. The Morgan fingerprint density at radius 1 is 1.09 bits per heavy atom. The lowest BCUT2D eigenvalue weighted by Crippen LogP contribution is -2.59. The van der Waals surface area contributed by atoms with E-state index in [0.717, 1.165) is 5.56 Å². The van der Waals surface area contributed by atoms with E-state index in [1.165, 1.54) is 0 Å². The van der Waals surface area contributed by atoms with Crippen LogP contribution in [0, 0.1) is 5.92 Å². The average Bonchev–Trinajstić information content (AvgIpc) is 3.12. The van der Waals surface area contributed by atoms with Gasteiger partial charge in [-0.05, 0) is 26.3 Å². The summed E-state index contributed by atoms with van der Waals surface area (Å²) in [6, 6.07) is 9.86. The highest BCUT2D eigenvalue weighted by Crippen LogP contribution is 2.40. The van der Waals surface area contributed by atoms with Gasteiger partial charge in [-0.2, -0.15) is 0 Å². The molecule has 184 valence electrons. The van der Waals surface area contributed by atoms with Crippen molar-refractivity contribution in [2.75, 3.05) is 13.2 Å². The van der Waals surface area contributed by atoms with Crippen LogP contribution in [0.2, 0.25) is 0 Å². The number of fused-ring (bicyclic) bond motifs is 1. The van der Waals surface area contributed by atoms with E-state index in [9.17, 15) is 5.11 Å². The SMILES string of the molecule is C=CCO[C@@H]1OC(C)[C@H](O[C@@H]2OC[C@@H](OCc3ccccc3)C(O)C2C)C2OC(C)(C)OC21. The number of ether oxygens (including phenoxy) is 7. The van der Waals surface area contributed by atoms with E-state index in [0.29, 0.717) is 13.2 Å². The Balaban J connectivity index is 1.38. The summed E-state index contributed by atoms with van der Waals surface area (Å²) >= 11 is 0. The Morgan fingerprint density at radius 2 is 1.82 bits per heavy atom. The van der Waals surface area contributed by atoms with Crippen molar-refractivity contribution in [1.82, 2.24) is 0 Å². The minimum absolute atomic E-state index is 0.229. The van der Waals surface area contributed by atoms with Crippen molar-refractivity contribution in [1.29, 1.82) is 0 Å². The van der Waals surface area contributed by atoms with Crippen molar-refractivity contribution in [2.45, 2.75) is 89.3 Å². The maximum absolute atomic E-state index is 10.9. The molecule has 1 N–H and O–H groups in total. The molecule has 3 aliphatic heterocycles. The molecule has 5 unspecified atom stereocenters. The number of aliphatic hydroxyl groups is 1. The first-order valence-corrected chi connectivity index (χ1v) is 11.6. The van der Waals surface area contributed by atoms with Gasteiger partial charge in [0.15, 0.2) is 18.4 Å². The molecule has 0 radical (unpaired) electrons. The fourth-order valence-corrected chi connectivity index (χ4v) is 4.58. The minimum atomic E-state index is -0.797. The summed E-state index contributed by atoms with van der Waals surface area (Å²) < 4.78 is 42.4. The summed E-state index contributed by atoms with van der Waals surface area (Å²) in [5, 5.41) is 10.9. The van der Waals surface area contributed by atoms with Crippen LogP contribution in [0.5, 0.6) is 0 Å². The van der Waals surface area contributed by atoms with E-state index in [2.05, 4.69) is 6.58 Å². The van der Waals surface area contributed by atoms with Crippen LogP contribution in [0.1, 0.15) is 33.3 Å². The number of hydrogen-bond acceptors (Lipinski definition) is 8. The zero-order valence-electron chi connectivity index (χ0n) is 19.8. The molecule has 0 saturated carbocycles. The first kappa shape index (κ1) is 24.8. The predicted molar refractivity (Wildman–Crippen MR) is 119 cm³/mol. The number of rotatable bonds is 8. The van der Waals surface area contributed by atoms with Gasteiger partial charge in [-0.25, -0.2) is 0 Å². The Labute approximate surface area is 195 Å². The highest BCUT2D eigenvalue weighted by atomic mass is 16.8. The molecule has 9 atom stereocenters. The number of hydrogen-bond donors (Lipinski definition) is 1. The molecule has 33 heavy (non-hydrogen) atoms. The highest BCUT2D eigenvalue weighted by Gasteiger charge is 2.56. The lowest BCUT2D eigenvalue weighted by molar-refractivity contribution is -0.323. The van der Waals surface area contributed by atoms with Gasteiger partial charge in [-0.15, -0.1) is 6.58 Å². The molecule has 8 heteroatoms. The molecule has 3 heterocycles. The second kappa shape index (κ2) is 10.5. The van der Waals surface area contributed by atoms with Crippen molar-refractivity contribution in [3.63, 3.8) is 0 Å². The molecular weight excluding hydrogens is 428 g/mol. The first-order chi connectivity index (χ1) is 15.8. The molecule has 3 saturated heterocycles. The molecule has 0 aliphatic carbocycles. The molecule has 4 rings (SSSR count). The summed E-state index contributed by atoms with van der Waals surface area (Å²) in [7, 11) is 0. The van der Waals surface area contributed by atoms with Crippen molar-refractivity contribution < 1.29 is 38.3 Å². The standard InChI is InChI=1S/C25H36O8/c1-6-12-27-24-22-21(32-25(4,5)33-22)20(16(3)30-24)31-23-15(2)19(26)18(14-29-23)28-13-17-10-8-7-9-11-17/h6-11,15-16,18-24,26H,1,12-14H2,2-5H3/t15?,16?,18-,19?,20+,21?,22?,23+,24-/m1/s1. The third-order valence-electron chi connectivity index (χ3n) is 6.32. The Kier molecular flexibility index (Phi) is 7.87. The van der Waals surface area contributed by atoms with Gasteiger partial charge < -0.3 is 38.3 Å². The van der Waals surface area contributed by atoms with Crippen LogP contribution in [0.25, 0.3) is 0 Å². The third kappa shape index (κ3) is 5.66. The fraction of sp³-hybridized carbons (Fsp3) is 0.680. The average molecular weight is 465 g/mol. The van der Waals surface area contributed by atoms with Crippen LogP contribution in [-0.4, -0.2) is 73.3 Å². The van der Waals surface area contributed by atoms with E-state index in [1.807, 2.05) is 58.0 Å². The second-order valence-electron chi connectivity index (χ2n) is 9.38. The summed E-state index contributed by atoms with van der Waals surface area (Å²) in [4.78, 5) is 0. The van der Waals surface area contributed by atoms with Gasteiger partial charge in [0, 0.05) is 5.92 Å². The van der Waals surface area contributed by atoms with Crippen LogP contribution in [-0.2, 0) is 39.8 Å². The molecule has 0 bridgehead atoms. The largest absolute Gasteiger partial charge is 0.390 e. The Hall–Kier alpha value is -1.36. The van der Waals surface area contributed by atoms with Gasteiger partial charge in [-0.1, -0.05) is 43.3 Å². The Bertz CT molecular complexity index is 771. The van der Waals surface area contributed by atoms with Crippen LogP contribution in [0.15, 0.2) is 43.0 Å². The molecule has 3 fully saturated rings. The first-order valence-electron chi connectivity index (χ1n) is 11.6. The third-order valence-corrected chi connectivity index (χ3v) is 6.32. The fourth-order valence-electron chi connectivity index (χ4n) is 4.58. The zero-order valence-corrected chi connectivity index (χ0v) is 19.8. The van der Waals surface area contributed by atoms with E-state index < -0.39 is 48.9 Å². The molecule has 0 aromatic heterocycles. The molecule has 0 spiro atoms. The number of benzene rings is 1. The molecule has 1 aromatic rings. The van der Waals surface area contributed by atoms with Crippen molar-refractivity contribution in [3.05, 3.63) is 48.6 Å². The van der Waals surface area contributed by atoms with Crippen LogP contribution >= 0.6 is 0 Å². The predicted octanol–water partition coefficient (Wildman–Crippen LogP) is 2.78. The zero-order chi connectivity index (χ0) is 23.6. The molecule has 0 amide bonds. The molecule has 1 aromatic carbocycles. The normalized spacial score (nSPS) is 40.3. The smallest absolute Gasteiger partial charge is 0.187 e. The molecule has 3 aliphatic rings. The van der Waals surface area contributed by atoms with Crippen molar-refractivity contribution in [2.24, 2.45) is 5.92 Å². The topological polar surface area (TPSA) is 84.8 Å². The minimum Gasteiger partial charge on any atom is -0.390 e. The number of aliphatic hydroxyl groups excluding tert-OH is 1. The molecule has 8 nitrogen and oxygen atoms in total. The van der Waals surface area contributed by atoms with E-state index in [-0.39, 0.29) is 18.6 Å². The quantitative estimate of drug-likeness (QED) is 0.588. The van der Waals surface area contributed by atoms with Crippen LogP contribution < -0.4 is 0 Å². The van der Waals surface area contributed by atoms with Gasteiger partial charge in [0.05, 0.1) is 32.0 Å². The van der Waals surface area contributed by atoms with E-state index in [4.69, 9.17) is 33.2 Å². The summed E-state index contributed by atoms with van der Waals surface area (Å²) in [6.07, 6.45) is -2.37. The highest BCUT2D eigenvalue weighted by molar-refractivity contribution is 5.13. The lowest BCUT2D eigenvalue weighted by atomic mass is 9.95. The van der Waals surface area contributed by atoms with Crippen molar-refractivity contribution >= 4 is 0 Å². The van der Waals surface area contributed by atoms with E-state index >= 15 is 0 Å². The van der Waals surface area contributed by atoms with Gasteiger partial charge >= 0.3 is 0 Å². The maximum Gasteiger partial charge on any atom is 0.187 e. The molecular formula is C25H36O8. The van der Waals surface area contributed by atoms with Crippen LogP contribution in [0.3, 0.4) is 0 Å². The second-order valence-corrected chi connectivity index (χ2v) is 9.38. The van der Waals surface area contributed by atoms with Gasteiger partial charge in [-0.3, -0.25) is 0 Å². The summed E-state index contributed by atoms with van der Waals surface area (Å²) in [5.41, 5.74) is 1.05. The van der Waals surface area contributed by atoms with E-state index in [1.54, 1.807) is 6.08 Å². The van der Waals surface area contributed by atoms with Crippen LogP contribution in [0.4, 0.5) is 0 Å². The Morgan fingerprint density at radius 3 is 2.55 bits per heavy atom. The lowest BCUT2D eigenvalue weighted by Gasteiger charge is -2.44. The summed E-state index contributed by atoms with van der Waals surface area (Å²) in [5.74, 6) is -1.11. The van der Waals surface area contributed by atoms with Gasteiger partial charge in [0.2, 0.25) is 0 Å². The van der Waals surface area contributed by atoms with Gasteiger partial charge in [0.25, 0.3) is 0 Å². The van der Waals surface area contributed by atoms with Crippen molar-refractivity contribution in [3.8, 4) is 0 Å². The van der Waals surface area contributed by atoms with Gasteiger partial charge in [0.1, 0.15) is 24.4 Å².